The Hall–Kier alpha value is -2.89. The first-order valence-electron chi connectivity index (χ1n) is 7.91. The van der Waals surface area contributed by atoms with E-state index in [1.807, 2.05) is 12.1 Å². The lowest BCUT2D eigenvalue weighted by molar-refractivity contribution is -0.384. The van der Waals surface area contributed by atoms with Crippen LogP contribution < -0.4 is 10.1 Å². The zero-order valence-electron chi connectivity index (χ0n) is 13.2. The zero-order valence-corrected chi connectivity index (χ0v) is 13.2. The Balaban J connectivity index is 1.59. The molecule has 0 fully saturated rings. The highest BCUT2D eigenvalue weighted by molar-refractivity contribution is 5.92. The largest absolute Gasteiger partial charge is 0.484 e. The maximum Gasteiger partial charge on any atom is 0.269 e. The van der Waals surface area contributed by atoms with Crippen molar-refractivity contribution in [2.75, 3.05) is 11.9 Å². The summed E-state index contributed by atoms with van der Waals surface area (Å²) in [4.78, 5) is 22.2. The van der Waals surface area contributed by atoms with E-state index in [9.17, 15) is 14.9 Å². The minimum Gasteiger partial charge on any atom is -0.484 e. The molecule has 0 radical (unpaired) electrons. The average Bonchev–Trinajstić information content (AvgIpc) is 2.61. The molecule has 0 atom stereocenters. The summed E-state index contributed by atoms with van der Waals surface area (Å²) in [6, 6.07) is 11.6. The lowest BCUT2D eigenvalue weighted by Gasteiger charge is -2.19. The Kier molecular flexibility index (Phi) is 4.74. The average molecular weight is 326 g/mol. The third-order valence-corrected chi connectivity index (χ3v) is 4.09. The van der Waals surface area contributed by atoms with Crippen molar-refractivity contribution in [2.45, 2.75) is 25.7 Å². The first-order valence-corrected chi connectivity index (χ1v) is 7.91. The third kappa shape index (κ3) is 3.71. The van der Waals surface area contributed by atoms with Crippen LogP contribution in [0, 0.1) is 10.1 Å². The smallest absolute Gasteiger partial charge is 0.269 e. The summed E-state index contributed by atoms with van der Waals surface area (Å²) in [5.41, 5.74) is 3.36. The lowest BCUT2D eigenvalue weighted by atomic mass is 9.90. The number of carbonyl (C=O) groups excluding carboxylic acids is 1. The van der Waals surface area contributed by atoms with Crippen LogP contribution in [0.15, 0.2) is 42.5 Å². The summed E-state index contributed by atoms with van der Waals surface area (Å²) in [5.74, 6) is 0.179. The topological polar surface area (TPSA) is 81.5 Å². The van der Waals surface area contributed by atoms with Crippen LogP contribution in [0.2, 0.25) is 0 Å². The van der Waals surface area contributed by atoms with Gasteiger partial charge in [-0.1, -0.05) is 12.1 Å². The number of hydrogen-bond acceptors (Lipinski definition) is 4. The molecular weight excluding hydrogens is 308 g/mol. The Morgan fingerprint density at radius 2 is 1.88 bits per heavy atom. The number of carbonyl (C=O) groups is 1. The van der Waals surface area contributed by atoms with E-state index in [1.165, 1.54) is 41.8 Å². The number of nitrogens with zero attached hydrogens (tertiary/aromatic N) is 1. The van der Waals surface area contributed by atoms with Gasteiger partial charge in [0.25, 0.3) is 11.6 Å². The van der Waals surface area contributed by atoms with Crippen LogP contribution in [0.1, 0.15) is 24.0 Å². The molecule has 0 unspecified atom stereocenters. The fourth-order valence-corrected chi connectivity index (χ4v) is 2.90. The number of nitro benzene ring substituents is 1. The Morgan fingerprint density at radius 1 is 1.12 bits per heavy atom. The number of aryl methyl sites for hydroxylation is 1. The number of amides is 1. The highest BCUT2D eigenvalue weighted by Gasteiger charge is 2.14. The molecule has 3 rings (SSSR count). The molecule has 6 heteroatoms. The number of rotatable bonds is 5. The maximum atomic E-state index is 12.1. The Bertz CT molecular complexity index is 756. The van der Waals surface area contributed by atoms with Crippen LogP contribution in [-0.4, -0.2) is 17.4 Å². The van der Waals surface area contributed by atoms with Crippen molar-refractivity contribution in [3.8, 4) is 5.75 Å². The molecule has 6 nitrogen and oxygen atoms in total. The van der Waals surface area contributed by atoms with Gasteiger partial charge in [-0.3, -0.25) is 14.9 Å². The Morgan fingerprint density at radius 3 is 2.62 bits per heavy atom. The quantitative estimate of drug-likeness (QED) is 0.673. The van der Waals surface area contributed by atoms with Crippen molar-refractivity contribution in [1.29, 1.82) is 0 Å². The first kappa shape index (κ1) is 16.0. The van der Waals surface area contributed by atoms with E-state index in [1.54, 1.807) is 0 Å². The monoisotopic (exact) mass is 326 g/mol. The number of nitrogens with one attached hydrogen (secondary N) is 1. The minimum absolute atomic E-state index is 0.0114. The van der Waals surface area contributed by atoms with Crippen molar-refractivity contribution < 1.29 is 14.5 Å². The molecule has 1 amide bonds. The van der Waals surface area contributed by atoms with E-state index >= 15 is 0 Å². The molecule has 2 aromatic rings. The zero-order chi connectivity index (χ0) is 16.9. The van der Waals surface area contributed by atoms with E-state index in [0.717, 1.165) is 24.9 Å². The van der Waals surface area contributed by atoms with Crippen LogP contribution in [-0.2, 0) is 17.6 Å². The molecule has 124 valence electrons. The van der Waals surface area contributed by atoms with Crippen molar-refractivity contribution in [3.05, 3.63) is 63.7 Å². The number of benzene rings is 2. The van der Waals surface area contributed by atoms with Crippen molar-refractivity contribution in [1.82, 2.24) is 0 Å². The fraction of sp³-hybridized carbons (Fsp3) is 0.278. The molecule has 0 aromatic heterocycles. The van der Waals surface area contributed by atoms with Crippen molar-refractivity contribution >= 4 is 17.3 Å². The van der Waals surface area contributed by atoms with Crippen LogP contribution in [0.4, 0.5) is 11.4 Å². The molecule has 0 heterocycles. The predicted octanol–water partition coefficient (Wildman–Crippen LogP) is 3.49. The highest BCUT2D eigenvalue weighted by Crippen LogP contribution is 2.27. The summed E-state index contributed by atoms with van der Waals surface area (Å²) in [6.45, 7) is -0.137. The third-order valence-electron chi connectivity index (χ3n) is 4.09. The van der Waals surface area contributed by atoms with E-state index in [0.29, 0.717) is 5.75 Å². The van der Waals surface area contributed by atoms with Crippen LogP contribution in [0.5, 0.6) is 5.75 Å². The van der Waals surface area contributed by atoms with Gasteiger partial charge >= 0.3 is 0 Å². The van der Waals surface area contributed by atoms with E-state index in [2.05, 4.69) is 11.4 Å². The summed E-state index contributed by atoms with van der Waals surface area (Å²) in [5, 5.41) is 13.5. The number of ether oxygens (including phenoxy) is 1. The second kappa shape index (κ2) is 7.12. The Labute approximate surface area is 139 Å². The predicted molar refractivity (Wildman–Crippen MR) is 90.3 cm³/mol. The molecule has 2 aromatic carbocycles. The van der Waals surface area contributed by atoms with Crippen molar-refractivity contribution in [3.63, 3.8) is 0 Å². The molecule has 0 aliphatic heterocycles. The molecule has 24 heavy (non-hydrogen) atoms. The number of hydrogen-bond donors (Lipinski definition) is 1. The van der Waals surface area contributed by atoms with Gasteiger partial charge in [0.1, 0.15) is 5.75 Å². The summed E-state index contributed by atoms with van der Waals surface area (Å²) >= 11 is 0. The SMILES string of the molecule is O=C(COc1ccc([N+](=O)[O-])cc1)Nc1cccc2c1CCCC2. The molecule has 1 N–H and O–H groups in total. The molecular formula is C18H18N2O4. The number of nitro groups is 1. The van der Waals surface area contributed by atoms with E-state index in [-0.39, 0.29) is 18.2 Å². The molecule has 1 aliphatic rings. The van der Waals surface area contributed by atoms with Gasteiger partial charge in [0.05, 0.1) is 4.92 Å². The van der Waals surface area contributed by atoms with Crippen LogP contribution >= 0.6 is 0 Å². The number of fused-ring (bicyclic) bond motifs is 1. The van der Waals surface area contributed by atoms with Gasteiger partial charge in [0, 0.05) is 17.8 Å². The van der Waals surface area contributed by atoms with E-state index in [4.69, 9.17) is 4.74 Å². The summed E-state index contributed by atoms with van der Waals surface area (Å²) in [7, 11) is 0. The normalized spacial score (nSPS) is 13.0. The molecule has 1 aliphatic carbocycles. The standard InChI is InChI=1S/C18H18N2O4/c21-18(12-24-15-10-8-14(9-11-15)20(22)23)19-17-7-3-5-13-4-1-2-6-16(13)17/h3,5,7-11H,1-2,4,6,12H2,(H,19,21). The van der Waals surface area contributed by atoms with Gasteiger partial charge in [0.15, 0.2) is 6.61 Å². The summed E-state index contributed by atoms with van der Waals surface area (Å²) < 4.78 is 5.38. The second-order valence-corrected chi connectivity index (χ2v) is 5.74. The van der Waals surface area contributed by atoms with Crippen LogP contribution in [0.3, 0.4) is 0 Å². The number of non-ortho nitro benzene ring substituents is 1. The van der Waals surface area contributed by atoms with Crippen LogP contribution in [0.25, 0.3) is 0 Å². The molecule has 0 saturated heterocycles. The van der Waals surface area contributed by atoms with Gasteiger partial charge in [-0.15, -0.1) is 0 Å². The maximum absolute atomic E-state index is 12.1. The van der Waals surface area contributed by atoms with Crippen molar-refractivity contribution in [2.24, 2.45) is 0 Å². The fourth-order valence-electron chi connectivity index (χ4n) is 2.90. The lowest BCUT2D eigenvalue weighted by Crippen LogP contribution is -2.21. The van der Waals surface area contributed by atoms with Gasteiger partial charge in [-0.05, 0) is 55.0 Å². The van der Waals surface area contributed by atoms with Gasteiger partial charge < -0.3 is 10.1 Å². The molecule has 0 saturated carbocycles. The van der Waals surface area contributed by atoms with Gasteiger partial charge in [-0.2, -0.15) is 0 Å². The van der Waals surface area contributed by atoms with Gasteiger partial charge in [0.2, 0.25) is 0 Å². The van der Waals surface area contributed by atoms with Gasteiger partial charge in [-0.25, -0.2) is 0 Å². The first-order chi connectivity index (χ1) is 11.6. The summed E-state index contributed by atoms with van der Waals surface area (Å²) in [6.07, 6.45) is 4.36. The highest BCUT2D eigenvalue weighted by atomic mass is 16.6. The van der Waals surface area contributed by atoms with E-state index < -0.39 is 4.92 Å². The minimum atomic E-state index is -0.477. The number of anilines is 1. The molecule has 0 spiro atoms. The second-order valence-electron chi connectivity index (χ2n) is 5.74. The molecule has 0 bridgehead atoms.